The van der Waals surface area contributed by atoms with Crippen molar-refractivity contribution in [2.45, 2.75) is 11.3 Å². The van der Waals surface area contributed by atoms with Gasteiger partial charge in [-0.25, -0.2) is 13.2 Å². The van der Waals surface area contributed by atoms with Gasteiger partial charge in [0, 0.05) is 25.8 Å². The normalized spacial score (nSPS) is 18.4. The summed E-state index contributed by atoms with van der Waals surface area (Å²) in [5.74, 6) is 0. The molecule has 0 radical (unpaired) electrons. The van der Waals surface area contributed by atoms with E-state index in [0.29, 0.717) is 26.1 Å². The summed E-state index contributed by atoms with van der Waals surface area (Å²) in [5, 5.41) is 3.07. The third-order valence-electron chi connectivity index (χ3n) is 2.70. The summed E-state index contributed by atoms with van der Waals surface area (Å²) >= 11 is 0. The van der Waals surface area contributed by atoms with E-state index in [1.807, 2.05) is 4.98 Å². The van der Waals surface area contributed by atoms with E-state index in [2.05, 4.69) is 10.3 Å². The SMILES string of the molecule is O=c1[nH]cc(S(=O)(=O)N2CCCNCC2)c(=O)[nH]1. The van der Waals surface area contributed by atoms with Crippen LogP contribution in [0.4, 0.5) is 0 Å². The molecule has 3 N–H and O–H groups in total. The molecule has 0 aromatic carbocycles. The Morgan fingerprint density at radius 1 is 1.17 bits per heavy atom. The zero-order chi connectivity index (χ0) is 13.2. The Morgan fingerprint density at radius 3 is 2.67 bits per heavy atom. The minimum Gasteiger partial charge on any atom is -0.315 e. The number of rotatable bonds is 2. The van der Waals surface area contributed by atoms with Crippen molar-refractivity contribution in [3.05, 3.63) is 27.0 Å². The fraction of sp³-hybridized carbons (Fsp3) is 0.556. The summed E-state index contributed by atoms with van der Waals surface area (Å²) in [5.41, 5.74) is -1.62. The van der Waals surface area contributed by atoms with Crippen molar-refractivity contribution in [1.82, 2.24) is 19.6 Å². The summed E-state index contributed by atoms with van der Waals surface area (Å²) in [6.45, 7) is 1.95. The van der Waals surface area contributed by atoms with E-state index in [-0.39, 0.29) is 0 Å². The maximum Gasteiger partial charge on any atom is 0.325 e. The minimum absolute atomic E-state index is 0.306. The van der Waals surface area contributed by atoms with Crippen molar-refractivity contribution < 1.29 is 8.42 Å². The molecule has 1 saturated heterocycles. The molecule has 1 aromatic heterocycles. The first-order chi connectivity index (χ1) is 8.51. The van der Waals surface area contributed by atoms with Crippen LogP contribution in [0.15, 0.2) is 20.7 Å². The summed E-state index contributed by atoms with van der Waals surface area (Å²) in [7, 11) is -3.85. The first kappa shape index (κ1) is 13.0. The molecule has 1 fully saturated rings. The van der Waals surface area contributed by atoms with Crippen LogP contribution >= 0.6 is 0 Å². The number of hydrogen-bond donors (Lipinski definition) is 3. The van der Waals surface area contributed by atoms with Crippen LogP contribution in [0.2, 0.25) is 0 Å². The summed E-state index contributed by atoms with van der Waals surface area (Å²) in [4.78, 5) is 26.0. The van der Waals surface area contributed by atoms with E-state index >= 15 is 0 Å². The average molecular weight is 274 g/mol. The van der Waals surface area contributed by atoms with Gasteiger partial charge >= 0.3 is 5.69 Å². The Morgan fingerprint density at radius 2 is 1.94 bits per heavy atom. The number of nitrogens with one attached hydrogen (secondary N) is 3. The van der Waals surface area contributed by atoms with Gasteiger partial charge in [0.05, 0.1) is 0 Å². The first-order valence-corrected chi connectivity index (χ1v) is 6.99. The molecule has 0 aliphatic carbocycles. The van der Waals surface area contributed by atoms with Gasteiger partial charge in [0.2, 0.25) is 10.0 Å². The Kier molecular flexibility index (Phi) is 3.64. The predicted octanol–water partition coefficient (Wildman–Crippen LogP) is -1.95. The maximum absolute atomic E-state index is 12.2. The Balaban J connectivity index is 2.40. The van der Waals surface area contributed by atoms with Crippen LogP contribution in [0.25, 0.3) is 0 Å². The molecule has 0 bridgehead atoms. The molecule has 9 heteroatoms. The molecule has 1 aromatic rings. The summed E-state index contributed by atoms with van der Waals surface area (Å²) in [6, 6.07) is 0. The molecular weight excluding hydrogens is 260 g/mol. The molecule has 1 aliphatic rings. The van der Waals surface area contributed by atoms with Gasteiger partial charge < -0.3 is 10.3 Å². The molecule has 0 spiro atoms. The largest absolute Gasteiger partial charge is 0.325 e. The zero-order valence-corrected chi connectivity index (χ0v) is 10.4. The van der Waals surface area contributed by atoms with Crippen molar-refractivity contribution in [3.63, 3.8) is 0 Å². The number of hydrogen-bond acceptors (Lipinski definition) is 5. The van der Waals surface area contributed by atoms with Gasteiger partial charge in [0.1, 0.15) is 0 Å². The highest BCUT2D eigenvalue weighted by Crippen LogP contribution is 2.11. The molecule has 2 heterocycles. The van der Waals surface area contributed by atoms with Crippen LogP contribution in [0.1, 0.15) is 6.42 Å². The highest BCUT2D eigenvalue weighted by atomic mass is 32.2. The fourth-order valence-electron chi connectivity index (χ4n) is 1.79. The first-order valence-electron chi connectivity index (χ1n) is 5.55. The number of nitrogens with zero attached hydrogens (tertiary/aromatic N) is 1. The van der Waals surface area contributed by atoms with Gasteiger partial charge in [-0.2, -0.15) is 4.31 Å². The molecule has 18 heavy (non-hydrogen) atoms. The van der Waals surface area contributed by atoms with Gasteiger partial charge in [0.25, 0.3) is 5.56 Å². The van der Waals surface area contributed by atoms with Crippen molar-refractivity contribution in [3.8, 4) is 0 Å². The smallest absolute Gasteiger partial charge is 0.315 e. The zero-order valence-electron chi connectivity index (χ0n) is 9.60. The van der Waals surface area contributed by atoms with Crippen molar-refractivity contribution in [2.24, 2.45) is 0 Å². The molecule has 1 aliphatic heterocycles. The lowest BCUT2D eigenvalue weighted by molar-refractivity contribution is 0.431. The van der Waals surface area contributed by atoms with E-state index in [1.54, 1.807) is 0 Å². The molecule has 0 unspecified atom stereocenters. The van der Waals surface area contributed by atoms with Crippen molar-refractivity contribution in [1.29, 1.82) is 0 Å². The molecule has 0 saturated carbocycles. The monoisotopic (exact) mass is 274 g/mol. The van der Waals surface area contributed by atoms with Crippen LogP contribution in [0.5, 0.6) is 0 Å². The third kappa shape index (κ3) is 2.52. The van der Waals surface area contributed by atoms with Gasteiger partial charge in [-0.15, -0.1) is 0 Å². The quantitative estimate of drug-likeness (QED) is 0.579. The Labute approximate surface area is 103 Å². The van der Waals surface area contributed by atoms with Gasteiger partial charge in [-0.3, -0.25) is 9.78 Å². The van der Waals surface area contributed by atoms with Crippen LogP contribution in [0.3, 0.4) is 0 Å². The van der Waals surface area contributed by atoms with Crippen molar-refractivity contribution in [2.75, 3.05) is 26.2 Å². The van der Waals surface area contributed by atoms with Crippen molar-refractivity contribution >= 4 is 10.0 Å². The van der Waals surface area contributed by atoms with Gasteiger partial charge in [0.15, 0.2) is 4.90 Å². The van der Waals surface area contributed by atoms with Crippen LogP contribution in [-0.2, 0) is 10.0 Å². The van der Waals surface area contributed by atoms with Crippen LogP contribution in [-0.4, -0.2) is 48.9 Å². The summed E-state index contributed by atoms with van der Waals surface area (Å²) < 4.78 is 25.7. The standard InChI is InChI=1S/C9H14N4O4S/c14-8-7(6-11-9(15)12-8)18(16,17)13-4-1-2-10-3-5-13/h6,10H,1-5H2,(H2,11,12,14,15). The Bertz CT molecular complexity index is 624. The van der Waals surface area contributed by atoms with Gasteiger partial charge in [-0.1, -0.05) is 0 Å². The molecule has 0 atom stereocenters. The minimum atomic E-state index is -3.85. The van der Waals surface area contributed by atoms with Crippen LogP contribution < -0.4 is 16.6 Å². The van der Waals surface area contributed by atoms with E-state index in [1.165, 1.54) is 4.31 Å². The topological polar surface area (TPSA) is 115 Å². The molecule has 0 amide bonds. The number of H-pyrrole nitrogens is 2. The average Bonchev–Trinajstić information content (AvgIpc) is 2.57. The van der Waals surface area contributed by atoms with E-state index in [4.69, 9.17) is 0 Å². The highest BCUT2D eigenvalue weighted by molar-refractivity contribution is 7.89. The predicted molar refractivity (Wildman–Crippen MR) is 63.9 cm³/mol. The third-order valence-corrected chi connectivity index (χ3v) is 4.61. The second kappa shape index (κ2) is 5.04. The second-order valence-electron chi connectivity index (χ2n) is 3.94. The number of aromatic amines is 2. The molecule has 100 valence electrons. The molecule has 2 rings (SSSR count). The second-order valence-corrected chi connectivity index (χ2v) is 5.85. The highest BCUT2D eigenvalue weighted by Gasteiger charge is 2.27. The lowest BCUT2D eigenvalue weighted by Gasteiger charge is -2.18. The van der Waals surface area contributed by atoms with E-state index in [9.17, 15) is 18.0 Å². The van der Waals surface area contributed by atoms with Crippen LogP contribution in [0, 0.1) is 0 Å². The molecule has 8 nitrogen and oxygen atoms in total. The Hall–Kier alpha value is -1.45. The fourth-order valence-corrected chi connectivity index (χ4v) is 3.26. The maximum atomic E-state index is 12.2. The summed E-state index contributed by atoms with van der Waals surface area (Å²) in [6.07, 6.45) is 1.62. The number of aromatic nitrogens is 2. The molecular formula is C9H14N4O4S. The van der Waals surface area contributed by atoms with Gasteiger partial charge in [-0.05, 0) is 13.0 Å². The number of sulfonamides is 1. The van der Waals surface area contributed by atoms with E-state index in [0.717, 1.165) is 12.7 Å². The van der Waals surface area contributed by atoms with E-state index < -0.39 is 26.2 Å². The lowest BCUT2D eigenvalue weighted by atomic mass is 10.4. The lowest BCUT2D eigenvalue weighted by Crippen LogP contribution is -2.38.